The summed E-state index contributed by atoms with van der Waals surface area (Å²) in [5.41, 5.74) is 6.46. The summed E-state index contributed by atoms with van der Waals surface area (Å²) < 4.78 is 30.4. The number of piperidine rings is 1. The van der Waals surface area contributed by atoms with Crippen molar-refractivity contribution in [3.05, 3.63) is 65.7 Å². The van der Waals surface area contributed by atoms with E-state index in [0.29, 0.717) is 11.6 Å². The number of likely N-dealkylation sites (N-methyl/N-ethyl adjacent to an activating group) is 1. The van der Waals surface area contributed by atoms with Crippen LogP contribution in [0.1, 0.15) is 18.9 Å². The maximum absolute atomic E-state index is 12.8. The SMILES string of the molecule is CC1CCN(C)C[C@@H]1OC(=O)Cc1ccc(F)cc1.Nc1cccc(F)c1. The number of rotatable bonds is 3. The van der Waals surface area contributed by atoms with Crippen LogP contribution >= 0.6 is 0 Å². The van der Waals surface area contributed by atoms with Crippen LogP contribution in [0.5, 0.6) is 0 Å². The first-order valence-electron chi connectivity index (χ1n) is 8.97. The third kappa shape index (κ3) is 7.35. The average Bonchev–Trinajstić information content (AvgIpc) is 2.60. The first-order chi connectivity index (χ1) is 12.8. The zero-order valence-corrected chi connectivity index (χ0v) is 15.7. The van der Waals surface area contributed by atoms with Crippen LogP contribution in [0.15, 0.2) is 48.5 Å². The highest BCUT2D eigenvalue weighted by Crippen LogP contribution is 2.19. The van der Waals surface area contributed by atoms with Crippen molar-refractivity contribution in [2.45, 2.75) is 25.9 Å². The average molecular weight is 376 g/mol. The molecule has 0 spiro atoms. The van der Waals surface area contributed by atoms with E-state index in [9.17, 15) is 13.6 Å². The fourth-order valence-electron chi connectivity index (χ4n) is 2.83. The van der Waals surface area contributed by atoms with Crippen molar-refractivity contribution in [1.82, 2.24) is 4.90 Å². The van der Waals surface area contributed by atoms with Gasteiger partial charge in [0, 0.05) is 12.2 Å². The highest BCUT2D eigenvalue weighted by Gasteiger charge is 2.27. The molecule has 1 fully saturated rings. The Morgan fingerprint density at radius 1 is 1.19 bits per heavy atom. The standard InChI is InChI=1S/C15H20FNO2.C6H6FN/c1-11-7-8-17(2)10-14(11)19-15(18)9-12-3-5-13(16)6-4-12;7-5-2-1-3-6(8)4-5/h3-6,11,14H,7-10H2,1-2H3;1-4H,8H2/t11?,14-;/m0./s1. The van der Waals surface area contributed by atoms with Crippen molar-refractivity contribution in [2.75, 3.05) is 25.9 Å². The normalized spacial score (nSPS) is 19.7. The Labute approximate surface area is 158 Å². The summed E-state index contributed by atoms with van der Waals surface area (Å²) in [4.78, 5) is 14.1. The summed E-state index contributed by atoms with van der Waals surface area (Å²) in [6.45, 7) is 3.95. The van der Waals surface area contributed by atoms with Gasteiger partial charge in [0.05, 0.1) is 6.42 Å². The van der Waals surface area contributed by atoms with Crippen molar-refractivity contribution in [3.63, 3.8) is 0 Å². The minimum atomic E-state index is -0.292. The molecule has 0 amide bonds. The second-order valence-electron chi connectivity index (χ2n) is 6.91. The number of ether oxygens (including phenoxy) is 1. The molecule has 2 atom stereocenters. The zero-order chi connectivity index (χ0) is 19.8. The van der Waals surface area contributed by atoms with Gasteiger partial charge in [-0.2, -0.15) is 0 Å². The Morgan fingerprint density at radius 2 is 1.89 bits per heavy atom. The van der Waals surface area contributed by atoms with E-state index in [1.807, 2.05) is 7.05 Å². The predicted molar refractivity (Wildman–Crippen MR) is 102 cm³/mol. The summed E-state index contributed by atoms with van der Waals surface area (Å²) in [6.07, 6.45) is 1.21. The highest BCUT2D eigenvalue weighted by molar-refractivity contribution is 5.72. The fourth-order valence-corrected chi connectivity index (χ4v) is 2.83. The van der Waals surface area contributed by atoms with Gasteiger partial charge in [-0.25, -0.2) is 8.78 Å². The third-order valence-electron chi connectivity index (χ3n) is 4.49. The quantitative estimate of drug-likeness (QED) is 0.656. The van der Waals surface area contributed by atoms with E-state index in [-0.39, 0.29) is 30.1 Å². The summed E-state index contributed by atoms with van der Waals surface area (Å²) >= 11 is 0. The van der Waals surface area contributed by atoms with Gasteiger partial charge in [0.2, 0.25) is 0 Å². The van der Waals surface area contributed by atoms with Crippen LogP contribution in [-0.4, -0.2) is 37.1 Å². The van der Waals surface area contributed by atoms with Crippen LogP contribution in [0.2, 0.25) is 0 Å². The van der Waals surface area contributed by atoms with Crippen molar-refractivity contribution < 1.29 is 18.3 Å². The molecule has 2 N–H and O–H groups in total. The number of carbonyl (C=O) groups excluding carboxylic acids is 1. The maximum atomic E-state index is 12.8. The molecule has 0 aliphatic carbocycles. The Bertz CT molecular complexity index is 720. The Kier molecular flexibility index (Phi) is 7.73. The molecule has 0 aromatic heterocycles. The van der Waals surface area contributed by atoms with Gasteiger partial charge in [-0.3, -0.25) is 4.79 Å². The van der Waals surface area contributed by atoms with E-state index in [0.717, 1.165) is 25.1 Å². The smallest absolute Gasteiger partial charge is 0.310 e. The number of nitrogens with two attached hydrogens (primary N) is 1. The number of hydrogen-bond donors (Lipinski definition) is 1. The van der Waals surface area contributed by atoms with Crippen LogP contribution in [-0.2, 0) is 16.0 Å². The number of benzene rings is 2. The van der Waals surface area contributed by atoms with E-state index in [1.54, 1.807) is 24.3 Å². The van der Waals surface area contributed by atoms with Gasteiger partial charge in [0.25, 0.3) is 0 Å². The summed E-state index contributed by atoms with van der Waals surface area (Å²) in [6, 6.07) is 11.8. The van der Waals surface area contributed by atoms with Crippen LogP contribution in [0.3, 0.4) is 0 Å². The van der Waals surface area contributed by atoms with Crippen molar-refractivity contribution in [1.29, 1.82) is 0 Å². The molecule has 4 nitrogen and oxygen atoms in total. The molecule has 1 aliphatic rings. The molecule has 2 aromatic rings. The molecule has 0 saturated carbocycles. The molecule has 0 bridgehead atoms. The maximum Gasteiger partial charge on any atom is 0.310 e. The lowest BCUT2D eigenvalue weighted by molar-refractivity contribution is -0.153. The number of nitrogen functional groups attached to an aromatic ring is 1. The van der Waals surface area contributed by atoms with E-state index in [1.165, 1.54) is 24.3 Å². The molecule has 1 heterocycles. The zero-order valence-electron chi connectivity index (χ0n) is 15.7. The molecular formula is C21H26F2N2O2. The van der Waals surface area contributed by atoms with E-state index in [4.69, 9.17) is 10.5 Å². The number of carbonyl (C=O) groups is 1. The minimum Gasteiger partial charge on any atom is -0.460 e. The Morgan fingerprint density at radius 3 is 2.48 bits per heavy atom. The lowest BCUT2D eigenvalue weighted by Gasteiger charge is -2.34. The van der Waals surface area contributed by atoms with Gasteiger partial charge >= 0.3 is 5.97 Å². The summed E-state index contributed by atoms with van der Waals surface area (Å²) in [5, 5.41) is 0. The Balaban J connectivity index is 0.000000273. The lowest BCUT2D eigenvalue weighted by atomic mass is 9.96. The van der Waals surface area contributed by atoms with Crippen molar-refractivity contribution >= 4 is 11.7 Å². The monoisotopic (exact) mass is 376 g/mol. The molecule has 6 heteroatoms. The topological polar surface area (TPSA) is 55.6 Å². The van der Waals surface area contributed by atoms with E-state index >= 15 is 0 Å². The van der Waals surface area contributed by atoms with Gasteiger partial charge in [-0.15, -0.1) is 0 Å². The number of nitrogens with zero attached hydrogens (tertiary/aromatic N) is 1. The second kappa shape index (κ2) is 10.0. The van der Waals surface area contributed by atoms with Gasteiger partial charge in [0.15, 0.2) is 0 Å². The molecule has 1 unspecified atom stereocenters. The number of likely N-dealkylation sites (tertiary alicyclic amines) is 1. The van der Waals surface area contributed by atoms with Crippen molar-refractivity contribution in [2.24, 2.45) is 5.92 Å². The molecule has 1 aliphatic heterocycles. The summed E-state index contributed by atoms with van der Waals surface area (Å²) in [5.74, 6) is -0.420. The Hall–Kier alpha value is -2.47. The van der Waals surface area contributed by atoms with Gasteiger partial charge < -0.3 is 15.4 Å². The molecular weight excluding hydrogens is 350 g/mol. The van der Waals surface area contributed by atoms with E-state index < -0.39 is 0 Å². The predicted octanol–water partition coefficient (Wildman–Crippen LogP) is 3.66. The first-order valence-corrected chi connectivity index (χ1v) is 8.97. The molecule has 1 saturated heterocycles. The second-order valence-corrected chi connectivity index (χ2v) is 6.91. The largest absolute Gasteiger partial charge is 0.460 e. The van der Waals surface area contributed by atoms with Gasteiger partial charge in [-0.05, 0) is 61.8 Å². The fraction of sp³-hybridized carbons (Fsp3) is 0.381. The van der Waals surface area contributed by atoms with Crippen LogP contribution < -0.4 is 5.73 Å². The highest BCUT2D eigenvalue weighted by atomic mass is 19.1. The molecule has 0 radical (unpaired) electrons. The number of halogens is 2. The lowest BCUT2D eigenvalue weighted by Crippen LogP contribution is -2.43. The summed E-state index contributed by atoms with van der Waals surface area (Å²) in [7, 11) is 2.03. The van der Waals surface area contributed by atoms with E-state index in [2.05, 4.69) is 11.8 Å². The number of hydrogen-bond acceptors (Lipinski definition) is 4. The molecule has 3 rings (SSSR count). The van der Waals surface area contributed by atoms with Crippen molar-refractivity contribution in [3.8, 4) is 0 Å². The minimum absolute atomic E-state index is 0.0355. The molecule has 27 heavy (non-hydrogen) atoms. The van der Waals surface area contributed by atoms with Gasteiger partial charge in [0.1, 0.15) is 17.7 Å². The van der Waals surface area contributed by atoms with Crippen LogP contribution in [0.25, 0.3) is 0 Å². The number of esters is 1. The van der Waals surface area contributed by atoms with Gasteiger partial charge in [-0.1, -0.05) is 25.1 Å². The number of anilines is 1. The third-order valence-corrected chi connectivity index (χ3v) is 4.49. The first kappa shape index (κ1) is 20.8. The molecule has 146 valence electrons. The molecule has 2 aromatic carbocycles. The van der Waals surface area contributed by atoms with Crippen LogP contribution in [0, 0.1) is 17.6 Å². The van der Waals surface area contributed by atoms with Crippen LogP contribution in [0.4, 0.5) is 14.5 Å².